The molecule has 0 fully saturated rings. The molecule has 0 aliphatic carbocycles. The summed E-state index contributed by atoms with van der Waals surface area (Å²) in [6.45, 7) is 2.84. The van der Waals surface area contributed by atoms with E-state index < -0.39 is 0 Å². The number of thioether (sulfide) groups is 1. The van der Waals surface area contributed by atoms with E-state index in [1.54, 1.807) is 24.3 Å². The molecule has 0 saturated carbocycles. The molecule has 0 aliphatic rings. The monoisotopic (exact) mass is 266 g/mol. The molecule has 7 heteroatoms. The van der Waals surface area contributed by atoms with E-state index in [9.17, 15) is 9.59 Å². The second kappa shape index (κ2) is 6.65. The molecule has 0 radical (unpaired) electrons. The molecule has 1 aromatic rings. The number of hydrazone groups is 1. The Hall–Kier alpha value is -2.02. The summed E-state index contributed by atoms with van der Waals surface area (Å²) in [5.74, 6) is -0.151. The molecule has 96 valence electrons. The summed E-state index contributed by atoms with van der Waals surface area (Å²) in [6.07, 6.45) is 0. The van der Waals surface area contributed by atoms with Crippen LogP contribution in [0.15, 0.2) is 29.4 Å². The maximum atomic E-state index is 10.9. The Labute approximate surface area is 109 Å². The van der Waals surface area contributed by atoms with Crippen molar-refractivity contribution in [2.75, 3.05) is 10.7 Å². The van der Waals surface area contributed by atoms with Crippen LogP contribution in [0.5, 0.6) is 0 Å². The summed E-state index contributed by atoms with van der Waals surface area (Å²) in [6, 6.07) is 6.98. The SMILES string of the molecule is CC(=O)Nc1cccc(NN=C(N)SC(C)=O)c1. The highest BCUT2D eigenvalue weighted by molar-refractivity contribution is 8.26. The van der Waals surface area contributed by atoms with Gasteiger partial charge in [0.2, 0.25) is 5.91 Å². The maximum Gasteiger partial charge on any atom is 0.221 e. The number of amidine groups is 1. The van der Waals surface area contributed by atoms with Gasteiger partial charge in [-0.2, -0.15) is 5.10 Å². The van der Waals surface area contributed by atoms with Gasteiger partial charge < -0.3 is 11.1 Å². The molecule has 1 rings (SSSR count). The van der Waals surface area contributed by atoms with E-state index in [2.05, 4.69) is 15.8 Å². The number of nitrogens with zero attached hydrogens (tertiary/aromatic N) is 1. The number of anilines is 2. The average Bonchev–Trinajstić information content (AvgIpc) is 2.25. The molecule has 0 atom stereocenters. The number of nitrogens with one attached hydrogen (secondary N) is 2. The standard InChI is InChI=1S/C11H14N4O2S/c1-7(16)13-9-4-3-5-10(6-9)14-15-11(12)18-8(2)17/h3-6,14H,1-2H3,(H2,12,15)(H,13,16). The number of hydrogen-bond donors (Lipinski definition) is 3. The number of rotatable bonds is 3. The van der Waals surface area contributed by atoms with Crippen molar-refractivity contribution in [3.63, 3.8) is 0 Å². The van der Waals surface area contributed by atoms with Gasteiger partial charge in [0.25, 0.3) is 0 Å². The van der Waals surface area contributed by atoms with E-state index in [4.69, 9.17) is 5.73 Å². The maximum absolute atomic E-state index is 10.9. The second-order valence-corrected chi connectivity index (χ2v) is 4.61. The molecule has 0 unspecified atom stereocenters. The van der Waals surface area contributed by atoms with Gasteiger partial charge in [-0.25, -0.2) is 0 Å². The molecule has 4 N–H and O–H groups in total. The van der Waals surface area contributed by atoms with Crippen LogP contribution in [0.2, 0.25) is 0 Å². The first-order valence-electron chi connectivity index (χ1n) is 5.12. The Morgan fingerprint density at radius 1 is 1.28 bits per heavy atom. The number of carbonyl (C=O) groups is 2. The lowest BCUT2D eigenvalue weighted by molar-refractivity contribution is -0.114. The highest BCUT2D eigenvalue weighted by Crippen LogP contribution is 2.15. The minimum absolute atomic E-state index is 0.132. The molecule has 0 saturated heterocycles. The van der Waals surface area contributed by atoms with E-state index in [-0.39, 0.29) is 16.2 Å². The van der Waals surface area contributed by atoms with Gasteiger partial charge in [-0.15, -0.1) is 0 Å². The van der Waals surface area contributed by atoms with Gasteiger partial charge in [-0.3, -0.25) is 15.0 Å². The van der Waals surface area contributed by atoms with Crippen LogP contribution in [0.1, 0.15) is 13.8 Å². The number of benzene rings is 1. The fraction of sp³-hybridized carbons (Fsp3) is 0.182. The zero-order chi connectivity index (χ0) is 13.5. The van der Waals surface area contributed by atoms with Crippen molar-refractivity contribution >= 4 is 39.3 Å². The Kier molecular flexibility index (Phi) is 5.19. The van der Waals surface area contributed by atoms with E-state index in [0.29, 0.717) is 11.4 Å². The van der Waals surface area contributed by atoms with Crippen molar-refractivity contribution in [1.29, 1.82) is 0 Å². The molecule has 18 heavy (non-hydrogen) atoms. The van der Waals surface area contributed by atoms with Crippen molar-refractivity contribution in [2.45, 2.75) is 13.8 Å². The summed E-state index contributed by atoms with van der Waals surface area (Å²) < 4.78 is 0. The highest BCUT2D eigenvalue weighted by Gasteiger charge is 2.00. The van der Waals surface area contributed by atoms with E-state index in [1.165, 1.54) is 13.8 Å². The summed E-state index contributed by atoms with van der Waals surface area (Å²) in [5.41, 5.74) is 9.52. The van der Waals surface area contributed by atoms with Gasteiger partial charge in [-0.1, -0.05) is 6.07 Å². The van der Waals surface area contributed by atoms with Gasteiger partial charge in [-0.05, 0) is 30.0 Å². The Morgan fingerprint density at radius 2 is 1.94 bits per heavy atom. The minimum Gasteiger partial charge on any atom is -0.377 e. The predicted octanol–water partition coefficient (Wildman–Crippen LogP) is 1.57. The number of hydrogen-bond acceptors (Lipinski definition) is 5. The number of amides is 1. The molecular weight excluding hydrogens is 252 g/mol. The Morgan fingerprint density at radius 3 is 2.56 bits per heavy atom. The van der Waals surface area contributed by atoms with Gasteiger partial charge in [0.1, 0.15) is 0 Å². The van der Waals surface area contributed by atoms with Crippen LogP contribution in [0.4, 0.5) is 11.4 Å². The lowest BCUT2D eigenvalue weighted by Gasteiger charge is -2.05. The smallest absolute Gasteiger partial charge is 0.221 e. The van der Waals surface area contributed by atoms with Crippen LogP contribution < -0.4 is 16.5 Å². The summed E-state index contributed by atoms with van der Waals surface area (Å²) in [4.78, 5) is 21.7. The molecule has 0 heterocycles. The topological polar surface area (TPSA) is 96.6 Å². The quantitative estimate of drug-likeness (QED) is 0.438. The van der Waals surface area contributed by atoms with E-state index in [1.807, 2.05) is 0 Å². The van der Waals surface area contributed by atoms with Crippen LogP contribution in [0.3, 0.4) is 0 Å². The molecule has 0 spiro atoms. The van der Waals surface area contributed by atoms with Crippen LogP contribution >= 0.6 is 11.8 Å². The first-order valence-corrected chi connectivity index (χ1v) is 5.94. The third-order valence-corrected chi connectivity index (χ3v) is 2.31. The normalized spacial score (nSPS) is 10.9. The third-order valence-electron chi connectivity index (χ3n) is 1.73. The lowest BCUT2D eigenvalue weighted by atomic mass is 10.3. The van der Waals surface area contributed by atoms with Crippen molar-refractivity contribution in [3.05, 3.63) is 24.3 Å². The molecule has 0 aliphatic heterocycles. The van der Waals surface area contributed by atoms with Crippen molar-refractivity contribution < 1.29 is 9.59 Å². The average molecular weight is 266 g/mol. The van der Waals surface area contributed by atoms with E-state index in [0.717, 1.165) is 11.8 Å². The predicted molar refractivity (Wildman–Crippen MR) is 74.3 cm³/mol. The fourth-order valence-corrected chi connectivity index (χ4v) is 1.55. The molecule has 1 amide bonds. The van der Waals surface area contributed by atoms with Crippen LogP contribution in [-0.2, 0) is 9.59 Å². The largest absolute Gasteiger partial charge is 0.377 e. The van der Waals surface area contributed by atoms with Crippen molar-refractivity contribution in [3.8, 4) is 0 Å². The number of carbonyl (C=O) groups excluding carboxylic acids is 2. The molecule has 0 bridgehead atoms. The van der Waals surface area contributed by atoms with Gasteiger partial charge >= 0.3 is 0 Å². The summed E-state index contributed by atoms with van der Waals surface area (Å²) >= 11 is 0.845. The fourth-order valence-electron chi connectivity index (χ4n) is 1.16. The lowest BCUT2D eigenvalue weighted by Crippen LogP contribution is -2.11. The van der Waals surface area contributed by atoms with Crippen LogP contribution in [0, 0.1) is 0 Å². The molecule has 1 aromatic carbocycles. The summed E-state index contributed by atoms with van der Waals surface area (Å²) in [7, 11) is 0. The number of nitrogens with two attached hydrogens (primary N) is 1. The molecule has 0 aromatic heterocycles. The van der Waals surface area contributed by atoms with E-state index >= 15 is 0 Å². The van der Waals surface area contributed by atoms with Gasteiger partial charge in [0, 0.05) is 19.5 Å². The Bertz CT molecular complexity index is 488. The zero-order valence-electron chi connectivity index (χ0n) is 10.1. The van der Waals surface area contributed by atoms with Crippen LogP contribution in [0.25, 0.3) is 0 Å². The minimum atomic E-state index is -0.151. The first-order chi connectivity index (χ1) is 8.47. The highest BCUT2D eigenvalue weighted by atomic mass is 32.2. The van der Waals surface area contributed by atoms with Crippen molar-refractivity contribution in [1.82, 2.24) is 0 Å². The van der Waals surface area contributed by atoms with Crippen LogP contribution in [-0.4, -0.2) is 16.2 Å². The van der Waals surface area contributed by atoms with Crippen molar-refractivity contribution in [2.24, 2.45) is 10.8 Å². The zero-order valence-corrected chi connectivity index (χ0v) is 10.9. The second-order valence-electron chi connectivity index (χ2n) is 3.42. The molecular formula is C11H14N4O2S. The van der Waals surface area contributed by atoms with Gasteiger partial charge in [0.15, 0.2) is 10.3 Å². The molecule has 6 nitrogen and oxygen atoms in total. The third kappa shape index (κ3) is 5.35. The first kappa shape index (κ1) is 14.0. The Balaban J connectivity index is 2.67. The van der Waals surface area contributed by atoms with Gasteiger partial charge in [0.05, 0.1) is 5.69 Å². The summed E-state index contributed by atoms with van der Waals surface area (Å²) in [5, 5.41) is 6.47.